The zero-order valence-corrected chi connectivity index (χ0v) is 16.4. The summed E-state index contributed by atoms with van der Waals surface area (Å²) in [6, 6.07) is 1.04. The number of aliphatic imine (C=N–C) groups is 1. The topological polar surface area (TPSA) is 48.9 Å². The molecule has 2 N–H and O–H groups in total. The van der Waals surface area contributed by atoms with Crippen LogP contribution in [0.25, 0.3) is 0 Å². The molecule has 126 valence electrons. The molecular formula is C15H33IN4O. The van der Waals surface area contributed by atoms with Gasteiger partial charge in [-0.05, 0) is 33.7 Å². The van der Waals surface area contributed by atoms with Gasteiger partial charge in [0.25, 0.3) is 0 Å². The zero-order chi connectivity index (χ0) is 14.8. The fourth-order valence-electron chi connectivity index (χ4n) is 2.69. The number of rotatable bonds is 8. The van der Waals surface area contributed by atoms with Crippen molar-refractivity contribution in [3.63, 3.8) is 0 Å². The average molecular weight is 412 g/mol. The van der Waals surface area contributed by atoms with Crippen LogP contribution in [0.15, 0.2) is 4.99 Å². The van der Waals surface area contributed by atoms with Crippen LogP contribution in [-0.2, 0) is 4.74 Å². The number of likely N-dealkylation sites (N-methyl/N-ethyl adjacent to an activating group) is 1. The van der Waals surface area contributed by atoms with Gasteiger partial charge in [-0.25, -0.2) is 0 Å². The summed E-state index contributed by atoms with van der Waals surface area (Å²) in [6.07, 6.45) is 5.47. The summed E-state index contributed by atoms with van der Waals surface area (Å²) in [6.45, 7) is 7.61. The molecule has 6 heteroatoms. The number of hydrogen-bond acceptors (Lipinski definition) is 3. The minimum atomic E-state index is 0. The lowest BCUT2D eigenvalue weighted by molar-refractivity contribution is 0.179. The summed E-state index contributed by atoms with van der Waals surface area (Å²) in [4.78, 5) is 7.10. The van der Waals surface area contributed by atoms with Crippen LogP contribution in [0.5, 0.6) is 0 Å². The first kappa shape index (κ1) is 20.9. The summed E-state index contributed by atoms with van der Waals surface area (Å²) in [5.41, 5.74) is 0. The molecule has 0 radical (unpaired) electrons. The second kappa shape index (κ2) is 12.5. The Morgan fingerprint density at radius 1 is 1.38 bits per heavy atom. The van der Waals surface area contributed by atoms with E-state index in [0.717, 1.165) is 31.6 Å². The molecule has 1 rings (SSSR count). The molecule has 1 aliphatic carbocycles. The largest absolute Gasteiger partial charge is 0.383 e. The van der Waals surface area contributed by atoms with E-state index in [1.165, 1.54) is 25.7 Å². The second-order valence-electron chi connectivity index (χ2n) is 5.68. The van der Waals surface area contributed by atoms with Crippen molar-refractivity contribution >= 4 is 29.9 Å². The van der Waals surface area contributed by atoms with E-state index in [4.69, 9.17) is 4.74 Å². The van der Waals surface area contributed by atoms with Gasteiger partial charge in [0.1, 0.15) is 0 Å². The van der Waals surface area contributed by atoms with Crippen LogP contribution >= 0.6 is 24.0 Å². The Kier molecular flexibility index (Phi) is 12.4. The highest BCUT2D eigenvalue weighted by atomic mass is 127. The van der Waals surface area contributed by atoms with E-state index in [1.54, 1.807) is 7.11 Å². The highest BCUT2D eigenvalue weighted by Crippen LogP contribution is 2.21. The van der Waals surface area contributed by atoms with Crippen molar-refractivity contribution in [2.75, 3.05) is 40.4 Å². The molecule has 0 aromatic rings. The SMILES string of the molecule is CCNC(=NCCN(C)C1CCCC1)NC(C)COC.I. The number of guanidine groups is 1. The Labute approximate surface area is 147 Å². The molecule has 0 bridgehead atoms. The number of ether oxygens (including phenoxy) is 1. The molecular weight excluding hydrogens is 379 g/mol. The lowest BCUT2D eigenvalue weighted by atomic mass is 10.2. The van der Waals surface area contributed by atoms with Crippen molar-refractivity contribution in [2.24, 2.45) is 4.99 Å². The van der Waals surface area contributed by atoms with Gasteiger partial charge in [0.2, 0.25) is 0 Å². The molecule has 1 aliphatic rings. The quantitative estimate of drug-likeness (QED) is 0.364. The van der Waals surface area contributed by atoms with Crippen LogP contribution in [0.4, 0.5) is 0 Å². The van der Waals surface area contributed by atoms with Crippen LogP contribution in [-0.4, -0.2) is 63.3 Å². The monoisotopic (exact) mass is 412 g/mol. The molecule has 0 spiro atoms. The fraction of sp³-hybridized carbons (Fsp3) is 0.933. The Hall–Kier alpha value is -0.0800. The number of methoxy groups -OCH3 is 1. The minimum absolute atomic E-state index is 0. The Balaban J connectivity index is 0.00000400. The molecule has 0 aromatic heterocycles. The van der Waals surface area contributed by atoms with Crippen molar-refractivity contribution in [1.29, 1.82) is 0 Å². The van der Waals surface area contributed by atoms with Crippen LogP contribution in [0.3, 0.4) is 0 Å². The lowest BCUT2D eigenvalue weighted by Crippen LogP contribution is -2.44. The predicted molar refractivity (Wildman–Crippen MR) is 101 cm³/mol. The molecule has 0 heterocycles. The van der Waals surface area contributed by atoms with Gasteiger partial charge in [-0.2, -0.15) is 0 Å². The summed E-state index contributed by atoms with van der Waals surface area (Å²) < 4.78 is 5.14. The van der Waals surface area contributed by atoms with E-state index in [2.05, 4.69) is 41.4 Å². The average Bonchev–Trinajstić information content (AvgIpc) is 2.93. The summed E-state index contributed by atoms with van der Waals surface area (Å²) in [5, 5.41) is 6.64. The normalized spacial score (nSPS) is 17.7. The van der Waals surface area contributed by atoms with E-state index in [1.807, 2.05) is 0 Å². The van der Waals surface area contributed by atoms with E-state index < -0.39 is 0 Å². The van der Waals surface area contributed by atoms with Crippen LogP contribution in [0.1, 0.15) is 39.5 Å². The van der Waals surface area contributed by atoms with E-state index in [-0.39, 0.29) is 30.0 Å². The Morgan fingerprint density at radius 2 is 2.05 bits per heavy atom. The molecule has 1 atom stereocenters. The van der Waals surface area contributed by atoms with E-state index in [0.29, 0.717) is 6.61 Å². The third-order valence-corrected chi connectivity index (χ3v) is 3.81. The fourth-order valence-corrected chi connectivity index (χ4v) is 2.69. The molecule has 0 aromatic carbocycles. The molecule has 1 saturated carbocycles. The molecule has 1 fully saturated rings. The number of nitrogens with zero attached hydrogens (tertiary/aromatic N) is 2. The first-order valence-electron chi connectivity index (χ1n) is 7.91. The maximum absolute atomic E-state index is 5.14. The van der Waals surface area contributed by atoms with Gasteiger partial charge in [0, 0.05) is 32.3 Å². The molecule has 0 aliphatic heterocycles. The van der Waals surface area contributed by atoms with Crippen LogP contribution in [0, 0.1) is 0 Å². The lowest BCUT2D eigenvalue weighted by Gasteiger charge is -2.23. The maximum Gasteiger partial charge on any atom is 0.191 e. The van der Waals surface area contributed by atoms with Crippen molar-refractivity contribution < 1.29 is 4.74 Å². The number of nitrogens with one attached hydrogen (secondary N) is 2. The molecule has 0 saturated heterocycles. The van der Waals surface area contributed by atoms with E-state index in [9.17, 15) is 0 Å². The van der Waals surface area contributed by atoms with Gasteiger partial charge in [0.05, 0.1) is 13.2 Å². The summed E-state index contributed by atoms with van der Waals surface area (Å²) in [5.74, 6) is 0.886. The van der Waals surface area contributed by atoms with Gasteiger partial charge in [0.15, 0.2) is 5.96 Å². The standard InChI is InChI=1S/C15H32N4O.HI/c1-5-16-15(18-13(2)12-20-4)17-10-11-19(3)14-8-6-7-9-14;/h13-14H,5-12H2,1-4H3,(H2,16,17,18);1H. The summed E-state index contributed by atoms with van der Waals surface area (Å²) in [7, 11) is 3.94. The van der Waals surface area contributed by atoms with Gasteiger partial charge >= 0.3 is 0 Å². The van der Waals surface area contributed by atoms with Gasteiger partial charge in [-0.15, -0.1) is 24.0 Å². The first-order chi connectivity index (χ1) is 9.67. The third kappa shape index (κ3) is 8.83. The second-order valence-corrected chi connectivity index (χ2v) is 5.68. The van der Waals surface area contributed by atoms with Gasteiger partial charge < -0.3 is 20.3 Å². The predicted octanol–water partition coefficient (Wildman–Crippen LogP) is 2.07. The van der Waals surface area contributed by atoms with Crippen molar-refractivity contribution in [3.05, 3.63) is 0 Å². The highest BCUT2D eigenvalue weighted by molar-refractivity contribution is 14.0. The van der Waals surface area contributed by atoms with Crippen molar-refractivity contribution in [1.82, 2.24) is 15.5 Å². The Bertz CT molecular complexity index is 283. The molecule has 5 nitrogen and oxygen atoms in total. The van der Waals surface area contributed by atoms with Gasteiger partial charge in [-0.3, -0.25) is 4.99 Å². The van der Waals surface area contributed by atoms with Gasteiger partial charge in [-0.1, -0.05) is 12.8 Å². The van der Waals surface area contributed by atoms with Crippen LogP contribution < -0.4 is 10.6 Å². The van der Waals surface area contributed by atoms with E-state index >= 15 is 0 Å². The van der Waals surface area contributed by atoms with Crippen molar-refractivity contribution in [2.45, 2.75) is 51.6 Å². The third-order valence-electron chi connectivity index (χ3n) is 3.81. The maximum atomic E-state index is 5.14. The summed E-state index contributed by atoms with van der Waals surface area (Å²) >= 11 is 0. The Morgan fingerprint density at radius 3 is 2.62 bits per heavy atom. The number of halogens is 1. The first-order valence-corrected chi connectivity index (χ1v) is 7.91. The number of hydrogen-bond donors (Lipinski definition) is 2. The zero-order valence-electron chi connectivity index (χ0n) is 14.0. The molecule has 1 unspecified atom stereocenters. The smallest absolute Gasteiger partial charge is 0.191 e. The minimum Gasteiger partial charge on any atom is -0.383 e. The van der Waals surface area contributed by atoms with Crippen LogP contribution in [0.2, 0.25) is 0 Å². The molecule has 21 heavy (non-hydrogen) atoms. The van der Waals surface area contributed by atoms with Crippen molar-refractivity contribution in [3.8, 4) is 0 Å². The highest BCUT2D eigenvalue weighted by Gasteiger charge is 2.18. The molecule has 0 amide bonds.